The van der Waals surface area contributed by atoms with Crippen molar-refractivity contribution in [1.82, 2.24) is 9.80 Å². The molecule has 198 valence electrons. The van der Waals surface area contributed by atoms with Gasteiger partial charge >= 0.3 is 103 Å². The topological polar surface area (TPSA) is 121 Å². The van der Waals surface area contributed by atoms with Gasteiger partial charge in [-0.2, -0.15) is 0 Å². The van der Waals surface area contributed by atoms with Crippen molar-refractivity contribution in [3.8, 4) is 0 Å². The van der Waals surface area contributed by atoms with Crippen LogP contribution < -0.4 is 113 Å². The van der Waals surface area contributed by atoms with Gasteiger partial charge in [0.2, 0.25) is 11.8 Å². The summed E-state index contributed by atoms with van der Waals surface area (Å²) in [6.07, 6.45) is 7.75. The minimum atomic E-state index is -1.24. The van der Waals surface area contributed by atoms with Crippen LogP contribution in [0.2, 0.25) is 0 Å². The standard InChI is InChI=1S/C26H48N2O6.2K/c1-21(2)11-7-5-9-13-23(29)27(17-15-25(31)32)19-20-28(18-16-26(33)34)24(30)14-10-6-8-12-22(3)4;;/h21-22H,5-20H2,1-4H3,(H,31,32)(H,33,34);;/q;2*+1/p-2. The van der Waals surface area contributed by atoms with E-state index in [-0.39, 0.29) is 154 Å². The summed E-state index contributed by atoms with van der Waals surface area (Å²) in [6, 6.07) is 0. The third kappa shape index (κ3) is 25.4. The van der Waals surface area contributed by atoms with Gasteiger partial charge in [0.1, 0.15) is 0 Å². The molecule has 0 radical (unpaired) electrons. The van der Waals surface area contributed by atoms with Gasteiger partial charge in [-0.05, 0) is 24.7 Å². The molecule has 0 heterocycles. The number of nitrogens with zero attached hydrogens (tertiary/aromatic N) is 2. The first-order valence-electron chi connectivity index (χ1n) is 13.0. The fourth-order valence-corrected chi connectivity index (χ4v) is 3.74. The van der Waals surface area contributed by atoms with Crippen molar-refractivity contribution in [3.05, 3.63) is 0 Å². The first kappa shape index (κ1) is 41.6. The Kier molecular flexibility index (Phi) is 30.5. The first-order valence-corrected chi connectivity index (χ1v) is 13.0. The quantitative estimate of drug-likeness (QED) is 0.105. The van der Waals surface area contributed by atoms with Gasteiger partial charge < -0.3 is 29.6 Å². The normalized spacial score (nSPS) is 10.5. The fraction of sp³-hybridized carbons (Fsp3) is 0.846. The zero-order valence-corrected chi connectivity index (χ0v) is 30.1. The maximum atomic E-state index is 12.7. The van der Waals surface area contributed by atoms with Crippen LogP contribution in [0.15, 0.2) is 0 Å². The van der Waals surface area contributed by atoms with Crippen LogP contribution in [0.5, 0.6) is 0 Å². The van der Waals surface area contributed by atoms with Gasteiger partial charge in [-0.3, -0.25) is 9.59 Å². The molecule has 0 aromatic carbocycles. The summed E-state index contributed by atoms with van der Waals surface area (Å²) in [7, 11) is 0. The van der Waals surface area contributed by atoms with Gasteiger partial charge in [0.05, 0.1) is 0 Å². The van der Waals surface area contributed by atoms with Gasteiger partial charge in [-0.25, -0.2) is 0 Å². The second-order valence-electron chi connectivity index (χ2n) is 9.99. The Labute approximate surface area is 303 Å². The summed E-state index contributed by atoms with van der Waals surface area (Å²) < 4.78 is 0. The van der Waals surface area contributed by atoms with E-state index in [0.29, 0.717) is 24.7 Å². The molecule has 0 saturated heterocycles. The van der Waals surface area contributed by atoms with Crippen LogP contribution in [0.4, 0.5) is 0 Å². The van der Waals surface area contributed by atoms with Crippen LogP contribution in [0.1, 0.15) is 105 Å². The zero-order chi connectivity index (χ0) is 25.9. The molecular weight excluding hydrogens is 514 g/mol. The van der Waals surface area contributed by atoms with Gasteiger partial charge in [0, 0.05) is 63.8 Å². The summed E-state index contributed by atoms with van der Waals surface area (Å²) in [5.41, 5.74) is 0. The Bertz CT molecular complexity index is 565. The van der Waals surface area contributed by atoms with Crippen LogP contribution in [0, 0.1) is 11.8 Å². The number of rotatable bonds is 21. The Hall–Kier alpha value is 1.15. The summed E-state index contributed by atoms with van der Waals surface area (Å²) in [5.74, 6) is -1.52. The molecule has 0 atom stereocenters. The molecule has 0 aromatic heterocycles. The molecule has 0 fully saturated rings. The Morgan fingerprint density at radius 1 is 0.528 bits per heavy atom. The van der Waals surface area contributed by atoms with Crippen LogP contribution in [-0.4, -0.2) is 59.7 Å². The number of carbonyl (C=O) groups is 4. The van der Waals surface area contributed by atoms with E-state index in [1.54, 1.807) is 0 Å². The number of hydrogen-bond donors (Lipinski definition) is 0. The van der Waals surface area contributed by atoms with Crippen molar-refractivity contribution < 1.29 is 132 Å². The first-order chi connectivity index (χ1) is 16.0. The third-order valence-corrected chi connectivity index (χ3v) is 5.86. The predicted molar refractivity (Wildman–Crippen MR) is 128 cm³/mol. The van der Waals surface area contributed by atoms with Crippen molar-refractivity contribution in [2.45, 2.75) is 105 Å². The second kappa shape index (κ2) is 26.4. The van der Waals surface area contributed by atoms with Crippen molar-refractivity contribution in [3.63, 3.8) is 0 Å². The molecule has 0 aliphatic carbocycles. The number of carboxylic acid groups (broad SMARTS) is 2. The van der Waals surface area contributed by atoms with E-state index in [0.717, 1.165) is 51.4 Å². The molecular formula is C26H46K2N2O6. The number of unbranched alkanes of at least 4 members (excludes halogenated alkanes) is 4. The van der Waals surface area contributed by atoms with Crippen molar-refractivity contribution in [2.75, 3.05) is 26.2 Å². The Morgan fingerprint density at radius 3 is 1.14 bits per heavy atom. The SMILES string of the molecule is CC(C)CCCCCC(=O)N(CCC(=O)[O-])CCN(CCC(=O)[O-])C(=O)CCCCCC(C)C.[K+].[K+]. The summed E-state index contributed by atoms with van der Waals surface area (Å²) in [4.78, 5) is 50.2. The average molecular weight is 561 g/mol. The van der Waals surface area contributed by atoms with E-state index >= 15 is 0 Å². The van der Waals surface area contributed by atoms with E-state index in [9.17, 15) is 29.4 Å². The van der Waals surface area contributed by atoms with E-state index in [1.165, 1.54) is 9.80 Å². The van der Waals surface area contributed by atoms with E-state index in [4.69, 9.17) is 0 Å². The number of aliphatic carboxylic acids is 2. The Morgan fingerprint density at radius 2 is 0.861 bits per heavy atom. The molecule has 2 amide bonds. The minimum Gasteiger partial charge on any atom is -0.550 e. The number of hydrogen-bond acceptors (Lipinski definition) is 6. The average Bonchev–Trinajstić information content (AvgIpc) is 2.74. The van der Waals surface area contributed by atoms with E-state index in [2.05, 4.69) is 27.7 Å². The van der Waals surface area contributed by atoms with Crippen LogP contribution in [-0.2, 0) is 19.2 Å². The monoisotopic (exact) mass is 560 g/mol. The molecule has 0 rings (SSSR count). The molecule has 0 aliphatic heterocycles. The van der Waals surface area contributed by atoms with Crippen LogP contribution >= 0.6 is 0 Å². The third-order valence-electron chi connectivity index (χ3n) is 5.86. The molecule has 0 bridgehead atoms. The molecule has 0 aliphatic rings. The van der Waals surface area contributed by atoms with E-state index < -0.39 is 11.9 Å². The van der Waals surface area contributed by atoms with Gasteiger partial charge in [-0.15, -0.1) is 0 Å². The maximum Gasteiger partial charge on any atom is 1.00 e. The molecule has 0 spiro atoms. The fourth-order valence-electron chi connectivity index (χ4n) is 3.74. The second-order valence-corrected chi connectivity index (χ2v) is 9.99. The van der Waals surface area contributed by atoms with Crippen LogP contribution in [0.25, 0.3) is 0 Å². The predicted octanol–water partition coefficient (Wildman–Crippen LogP) is -3.86. The Balaban J connectivity index is -0.00000544. The molecule has 0 unspecified atom stereocenters. The largest absolute Gasteiger partial charge is 1.00 e. The van der Waals surface area contributed by atoms with Crippen molar-refractivity contribution in [1.29, 1.82) is 0 Å². The van der Waals surface area contributed by atoms with E-state index in [1.807, 2.05) is 0 Å². The molecule has 0 N–H and O–H groups in total. The van der Waals surface area contributed by atoms with Gasteiger partial charge in [0.25, 0.3) is 0 Å². The molecule has 8 nitrogen and oxygen atoms in total. The summed E-state index contributed by atoms with van der Waals surface area (Å²) in [5, 5.41) is 21.9. The van der Waals surface area contributed by atoms with Gasteiger partial charge in [-0.1, -0.05) is 66.2 Å². The molecule has 0 aromatic rings. The van der Waals surface area contributed by atoms with Gasteiger partial charge in [0.15, 0.2) is 0 Å². The van der Waals surface area contributed by atoms with Crippen molar-refractivity contribution in [2.24, 2.45) is 11.8 Å². The van der Waals surface area contributed by atoms with Crippen molar-refractivity contribution >= 4 is 23.8 Å². The number of amides is 2. The molecule has 36 heavy (non-hydrogen) atoms. The minimum absolute atomic E-state index is 0. The summed E-state index contributed by atoms with van der Waals surface area (Å²) >= 11 is 0. The number of carboxylic acids is 2. The number of carbonyl (C=O) groups excluding carboxylic acids is 4. The molecule has 0 saturated carbocycles. The maximum absolute atomic E-state index is 12.7. The van der Waals surface area contributed by atoms with Crippen LogP contribution in [0.3, 0.4) is 0 Å². The molecule has 10 heteroatoms. The summed E-state index contributed by atoms with van der Waals surface area (Å²) in [6.45, 7) is 9.01. The zero-order valence-electron chi connectivity index (χ0n) is 23.8. The smallest absolute Gasteiger partial charge is 0.550 e.